The van der Waals surface area contributed by atoms with Crippen LogP contribution in [0.15, 0.2) is 24.3 Å². The summed E-state index contributed by atoms with van der Waals surface area (Å²) in [6.07, 6.45) is 2.00. The summed E-state index contributed by atoms with van der Waals surface area (Å²) in [7, 11) is 4.04. The fourth-order valence-electron chi connectivity index (χ4n) is 2.75. The Labute approximate surface area is 121 Å². The summed E-state index contributed by atoms with van der Waals surface area (Å²) >= 11 is 0. The number of likely N-dealkylation sites (tertiary alicyclic amines) is 1. The van der Waals surface area contributed by atoms with Crippen LogP contribution >= 0.6 is 0 Å². The second-order valence-corrected chi connectivity index (χ2v) is 5.88. The van der Waals surface area contributed by atoms with Crippen molar-refractivity contribution in [3.63, 3.8) is 0 Å². The smallest absolute Gasteiger partial charge is 0.253 e. The molecule has 0 aromatic heterocycles. The summed E-state index contributed by atoms with van der Waals surface area (Å²) in [5, 5.41) is 9.26. The maximum atomic E-state index is 12.5. The summed E-state index contributed by atoms with van der Waals surface area (Å²) in [5.74, 6) is 0.321. The van der Waals surface area contributed by atoms with E-state index in [4.69, 9.17) is 0 Å². The van der Waals surface area contributed by atoms with Gasteiger partial charge in [-0.3, -0.25) is 4.79 Å². The van der Waals surface area contributed by atoms with Gasteiger partial charge >= 0.3 is 0 Å². The number of aliphatic hydroxyl groups excluding tert-OH is 1. The molecule has 2 rings (SSSR count). The van der Waals surface area contributed by atoms with Crippen LogP contribution < -0.4 is 0 Å². The highest BCUT2D eigenvalue weighted by atomic mass is 16.3. The Morgan fingerprint density at radius 3 is 2.95 bits per heavy atom. The molecule has 1 fully saturated rings. The molecule has 20 heavy (non-hydrogen) atoms. The third-order valence-electron chi connectivity index (χ3n) is 3.74. The molecule has 4 nitrogen and oxygen atoms in total. The molecule has 1 aliphatic rings. The predicted molar refractivity (Wildman–Crippen MR) is 79.5 cm³/mol. The number of piperidine rings is 1. The highest BCUT2D eigenvalue weighted by molar-refractivity contribution is 5.94. The average Bonchev–Trinajstić information content (AvgIpc) is 2.46. The van der Waals surface area contributed by atoms with Gasteiger partial charge in [-0.25, -0.2) is 0 Å². The number of benzene rings is 1. The molecule has 1 saturated heterocycles. The molecule has 0 spiro atoms. The van der Waals surface area contributed by atoms with Crippen molar-refractivity contribution in [1.29, 1.82) is 0 Å². The van der Waals surface area contributed by atoms with Gasteiger partial charge in [0, 0.05) is 31.8 Å². The summed E-state index contributed by atoms with van der Waals surface area (Å²) < 4.78 is 0. The van der Waals surface area contributed by atoms with Crippen molar-refractivity contribution in [3.05, 3.63) is 35.4 Å². The summed E-state index contributed by atoms with van der Waals surface area (Å²) in [6.45, 7) is 2.48. The molecule has 1 aromatic carbocycles. The summed E-state index contributed by atoms with van der Waals surface area (Å²) in [5.41, 5.74) is 1.90. The average molecular weight is 276 g/mol. The van der Waals surface area contributed by atoms with Crippen molar-refractivity contribution in [1.82, 2.24) is 9.80 Å². The Kier molecular flexibility index (Phi) is 5.15. The Bertz CT molecular complexity index is 460. The van der Waals surface area contributed by atoms with E-state index < -0.39 is 0 Å². The minimum atomic E-state index is 0.0868. The third-order valence-corrected chi connectivity index (χ3v) is 3.74. The number of rotatable bonds is 4. The minimum Gasteiger partial charge on any atom is -0.396 e. The first kappa shape index (κ1) is 15.0. The molecule has 1 N–H and O–H groups in total. The van der Waals surface area contributed by atoms with Crippen LogP contribution in [-0.4, -0.2) is 54.6 Å². The number of hydrogen-bond acceptors (Lipinski definition) is 3. The standard InChI is InChI=1S/C16H24N2O2/c1-17(2)10-13-5-3-7-15(9-13)16(20)18-8-4-6-14(11-18)12-19/h3,5,7,9,14,19H,4,6,8,10-12H2,1-2H3. The van der Waals surface area contributed by atoms with Crippen LogP contribution in [0, 0.1) is 5.92 Å². The van der Waals surface area contributed by atoms with Crippen LogP contribution in [0.4, 0.5) is 0 Å². The Morgan fingerprint density at radius 1 is 1.45 bits per heavy atom. The lowest BCUT2D eigenvalue weighted by Gasteiger charge is -2.32. The van der Waals surface area contributed by atoms with Gasteiger partial charge in [-0.15, -0.1) is 0 Å². The molecule has 0 saturated carbocycles. The Hall–Kier alpha value is -1.39. The molecule has 1 heterocycles. The van der Waals surface area contributed by atoms with E-state index in [0.717, 1.165) is 37.1 Å². The maximum absolute atomic E-state index is 12.5. The van der Waals surface area contributed by atoms with Crippen LogP contribution in [0.2, 0.25) is 0 Å². The SMILES string of the molecule is CN(C)Cc1cccc(C(=O)N2CCCC(CO)C2)c1. The molecule has 1 amide bonds. The number of carbonyl (C=O) groups excluding carboxylic acids is 1. The van der Waals surface area contributed by atoms with Crippen LogP contribution in [0.25, 0.3) is 0 Å². The first-order valence-electron chi connectivity index (χ1n) is 7.24. The van der Waals surface area contributed by atoms with Crippen LogP contribution in [-0.2, 0) is 6.54 Å². The molecule has 1 atom stereocenters. The van der Waals surface area contributed by atoms with E-state index in [-0.39, 0.29) is 18.4 Å². The first-order chi connectivity index (χ1) is 9.60. The first-order valence-corrected chi connectivity index (χ1v) is 7.24. The van der Waals surface area contributed by atoms with Crippen molar-refractivity contribution in [2.24, 2.45) is 5.92 Å². The van der Waals surface area contributed by atoms with Gasteiger partial charge in [-0.05, 0) is 50.6 Å². The van der Waals surface area contributed by atoms with Gasteiger partial charge in [0.1, 0.15) is 0 Å². The monoisotopic (exact) mass is 276 g/mol. The lowest BCUT2D eigenvalue weighted by Crippen LogP contribution is -2.41. The predicted octanol–water partition coefficient (Wildman–Crippen LogP) is 1.59. The maximum Gasteiger partial charge on any atom is 0.253 e. The van der Waals surface area contributed by atoms with Crippen molar-refractivity contribution < 1.29 is 9.90 Å². The number of aliphatic hydroxyl groups is 1. The second kappa shape index (κ2) is 6.86. The lowest BCUT2D eigenvalue weighted by molar-refractivity contribution is 0.0620. The zero-order chi connectivity index (χ0) is 14.5. The zero-order valence-corrected chi connectivity index (χ0v) is 12.4. The number of hydrogen-bond donors (Lipinski definition) is 1. The fraction of sp³-hybridized carbons (Fsp3) is 0.562. The van der Waals surface area contributed by atoms with Gasteiger partial charge in [-0.2, -0.15) is 0 Å². The van der Waals surface area contributed by atoms with E-state index in [1.54, 1.807) is 0 Å². The summed E-state index contributed by atoms with van der Waals surface area (Å²) in [6, 6.07) is 7.85. The number of amides is 1. The van der Waals surface area contributed by atoms with Gasteiger partial charge in [0.15, 0.2) is 0 Å². The van der Waals surface area contributed by atoms with Gasteiger partial charge in [-0.1, -0.05) is 12.1 Å². The molecule has 1 aromatic rings. The zero-order valence-electron chi connectivity index (χ0n) is 12.4. The topological polar surface area (TPSA) is 43.8 Å². The molecule has 110 valence electrons. The fourth-order valence-corrected chi connectivity index (χ4v) is 2.75. The Morgan fingerprint density at radius 2 is 2.25 bits per heavy atom. The molecule has 1 unspecified atom stereocenters. The molecular formula is C16H24N2O2. The molecule has 1 aliphatic heterocycles. The van der Waals surface area contributed by atoms with Crippen molar-refractivity contribution in [2.45, 2.75) is 19.4 Å². The van der Waals surface area contributed by atoms with Crippen LogP contribution in [0.5, 0.6) is 0 Å². The Balaban J connectivity index is 2.08. The molecule has 0 bridgehead atoms. The van der Waals surface area contributed by atoms with E-state index in [0.29, 0.717) is 6.54 Å². The van der Waals surface area contributed by atoms with E-state index >= 15 is 0 Å². The second-order valence-electron chi connectivity index (χ2n) is 5.88. The van der Waals surface area contributed by atoms with E-state index in [1.165, 1.54) is 0 Å². The van der Waals surface area contributed by atoms with Crippen molar-refractivity contribution in [2.75, 3.05) is 33.8 Å². The molecule has 0 aliphatic carbocycles. The minimum absolute atomic E-state index is 0.0868. The third kappa shape index (κ3) is 3.81. The lowest BCUT2D eigenvalue weighted by atomic mass is 9.98. The van der Waals surface area contributed by atoms with E-state index in [9.17, 15) is 9.90 Å². The molecule has 4 heteroatoms. The van der Waals surface area contributed by atoms with Gasteiger partial charge in [0.05, 0.1) is 0 Å². The van der Waals surface area contributed by atoms with Crippen LogP contribution in [0.1, 0.15) is 28.8 Å². The number of nitrogens with zero attached hydrogens (tertiary/aromatic N) is 2. The highest BCUT2D eigenvalue weighted by Gasteiger charge is 2.24. The van der Waals surface area contributed by atoms with Gasteiger partial charge in [0.2, 0.25) is 0 Å². The van der Waals surface area contributed by atoms with Crippen molar-refractivity contribution >= 4 is 5.91 Å². The normalized spacial score (nSPS) is 19.4. The summed E-state index contributed by atoms with van der Waals surface area (Å²) in [4.78, 5) is 16.5. The van der Waals surface area contributed by atoms with Gasteiger partial charge in [0.25, 0.3) is 5.91 Å². The number of carbonyl (C=O) groups is 1. The van der Waals surface area contributed by atoms with Gasteiger partial charge < -0.3 is 14.9 Å². The highest BCUT2D eigenvalue weighted by Crippen LogP contribution is 2.18. The molecule has 0 radical (unpaired) electrons. The molecular weight excluding hydrogens is 252 g/mol. The van der Waals surface area contributed by atoms with E-state index in [2.05, 4.69) is 4.90 Å². The van der Waals surface area contributed by atoms with Crippen LogP contribution in [0.3, 0.4) is 0 Å². The van der Waals surface area contributed by atoms with E-state index in [1.807, 2.05) is 43.3 Å². The van der Waals surface area contributed by atoms with Crippen molar-refractivity contribution in [3.8, 4) is 0 Å². The quantitative estimate of drug-likeness (QED) is 0.908. The largest absolute Gasteiger partial charge is 0.396 e.